The van der Waals surface area contributed by atoms with E-state index < -0.39 is 0 Å². The molecule has 7 heteroatoms. The summed E-state index contributed by atoms with van der Waals surface area (Å²) in [5, 5.41) is 17.3. The molecule has 3 aromatic rings. The molecule has 2 aliphatic heterocycles. The third-order valence-corrected chi connectivity index (χ3v) is 6.87. The number of anilines is 4. The van der Waals surface area contributed by atoms with Gasteiger partial charge in [-0.3, -0.25) is 0 Å². The number of hydrogen-bond acceptors (Lipinski definition) is 7. The van der Waals surface area contributed by atoms with Crippen LogP contribution in [0.5, 0.6) is 0 Å². The van der Waals surface area contributed by atoms with Gasteiger partial charge in [0, 0.05) is 43.9 Å². The highest BCUT2D eigenvalue weighted by Crippen LogP contribution is 2.36. The molecule has 2 aliphatic rings. The second kappa shape index (κ2) is 9.20. The Morgan fingerprint density at radius 2 is 1.97 bits per heavy atom. The lowest BCUT2D eigenvalue weighted by atomic mass is 9.93. The normalized spacial score (nSPS) is 16.3. The third-order valence-electron chi connectivity index (χ3n) is 6.87. The predicted octanol–water partition coefficient (Wildman–Crippen LogP) is 4.05. The first-order valence-electron chi connectivity index (χ1n) is 11.7. The molecular weight excluding hydrogens is 400 g/mol. The Kier molecular flexibility index (Phi) is 5.99. The van der Waals surface area contributed by atoms with Gasteiger partial charge in [0.1, 0.15) is 12.1 Å². The summed E-state index contributed by atoms with van der Waals surface area (Å²) < 4.78 is 0. The topological polar surface area (TPSA) is 76.5 Å². The lowest BCUT2D eigenvalue weighted by molar-refractivity contribution is 0.240. The molecule has 0 unspecified atom stereocenters. The first-order valence-corrected chi connectivity index (χ1v) is 11.7. The molecule has 3 heterocycles. The average Bonchev–Trinajstić information content (AvgIpc) is 3.24. The van der Waals surface area contributed by atoms with Crippen LogP contribution in [0.2, 0.25) is 0 Å². The number of piperidine rings is 1. The van der Waals surface area contributed by atoms with Crippen molar-refractivity contribution in [2.24, 2.45) is 5.92 Å². The molecular formula is C25H32N6O. The Hall–Kier alpha value is -3.06. The van der Waals surface area contributed by atoms with Gasteiger partial charge in [-0.1, -0.05) is 18.2 Å². The van der Waals surface area contributed by atoms with Crippen LogP contribution < -0.4 is 20.4 Å². The molecule has 1 fully saturated rings. The van der Waals surface area contributed by atoms with Crippen molar-refractivity contribution in [3.8, 4) is 0 Å². The largest absolute Gasteiger partial charge is 0.396 e. The van der Waals surface area contributed by atoms with Crippen molar-refractivity contribution >= 4 is 33.8 Å². The summed E-state index contributed by atoms with van der Waals surface area (Å²) >= 11 is 0. The number of benzene rings is 2. The molecule has 5 rings (SSSR count). The van der Waals surface area contributed by atoms with Crippen molar-refractivity contribution in [3.05, 3.63) is 48.3 Å². The van der Waals surface area contributed by atoms with E-state index in [1.807, 2.05) is 0 Å². The minimum atomic E-state index is 0.299. The molecule has 0 amide bonds. The van der Waals surface area contributed by atoms with Gasteiger partial charge in [-0.25, -0.2) is 9.97 Å². The Bertz CT molecular complexity index is 1080. The summed E-state index contributed by atoms with van der Waals surface area (Å²) in [6.07, 6.45) is 4.86. The van der Waals surface area contributed by atoms with Gasteiger partial charge in [-0.15, -0.1) is 0 Å². The zero-order valence-corrected chi connectivity index (χ0v) is 18.7. The van der Waals surface area contributed by atoms with Gasteiger partial charge in [0.05, 0.1) is 23.6 Å². The van der Waals surface area contributed by atoms with Crippen LogP contribution in [0.3, 0.4) is 0 Å². The Morgan fingerprint density at radius 1 is 1.12 bits per heavy atom. The number of para-hydroxylation sites is 1. The number of nitrogens with zero attached hydrogens (tertiary/aromatic N) is 4. The molecule has 1 saturated heterocycles. The molecule has 0 saturated carbocycles. The van der Waals surface area contributed by atoms with Crippen LogP contribution in [0.4, 0.5) is 22.9 Å². The minimum Gasteiger partial charge on any atom is -0.396 e. The van der Waals surface area contributed by atoms with E-state index in [9.17, 15) is 5.11 Å². The van der Waals surface area contributed by atoms with Gasteiger partial charge in [-0.2, -0.15) is 0 Å². The zero-order valence-electron chi connectivity index (χ0n) is 18.7. The number of rotatable bonds is 7. The first kappa shape index (κ1) is 20.8. The molecule has 0 aliphatic carbocycles. The number of nitrogens with one attached hydrogen (secondary N) is 2. The number of aromatic nitrogens is 2. The monoisotopic (exact) mass is 432 g/mol. The fourth-order valence-electron chi connectivity index (χ4n) is 4.98. The fraction of sp³-hybridized carbons (Fsp3) is 0.440. The molecule has 1 aromatic heterocycles. The Labute approximate surface area is 189 Å². The van der Waals surface area contributed by atoms with Gasteiger partial charge >= 0.3 is 0 Å². The number of aliphatic hydroxyl groups excluding tert-OH is 1. The number of fused-ring (bicyclic) bond motifs is 2. The van der Waals surface area contributed by atoms with E-state index in [0.717, 1.165) is 68.0 Å². The van der Waals surface area contributed by atoms with E-state index in [1.165, 1.54) is 16.9 Å². The first-order chi connectivity index (χ1) is 15.8. The zero-order chi connectivity index (χ0) is 21.9. The van der Waals surface area contributed by atoms with Gasteiger partial charge < -0.3 is 25.5 Å². The van der Waals surface area contributed by atoms with Gasteiger partial charge in [0.15, 0.2) is 0 Å². The van der Waals surface area contributed by atoms with Crippen LogP contribution in [-0.4, -0.2) is 48.0 Å². The van der Waals surface area contributed by atoms with Crippen LogP contribution in [0.25, 0.3) is 10.9 Å². The summed E-state index contributed by atoms with van der Waals surface area (Å²) in [6.45, 7) is 7.07. The van der Waals surface area contributed by atoms with E-state index in [2.05, 4.69) is 73.7 Å². The van der Waals surface area contributed by atoms with Crippen molar-refractivity contribution in [1.82, 2.24) is 9.97 Å². The van der Waals surface area contributed by atoms with Gasteiger partial charge in [0.2, 0.25) is 0 Å². The number of hydrogen-bond donors (Lipinski definition) is 3. The van der Waals surface area contributed by atoms with Gasteiger partial charge in [-0.05, 0) is 55.9 Å². The maximum atomic E-state index is 9.24. The fourth-order valence-corrected chi connectivity index (χ4v) is 4.98. The number of aliphatic hydroxyl groups is 1. The van der Waals surface area contributed by atoms with E-state index in [4.69, 9.17) is 0 Å². The van der Waals surface area contributed by atoms with Crippen molar-refractivity contribution in [2.75, 3.05) is 53.3 Å². The molecule has 3 N–H and O–H groups in total. The van der Waals surface area contributed by atoms with E-state index in [0.29, 0.717) is 19.1 Å². The second-order valence-corrected chi connectivity index (χ2v) is 8.72. The molecule has 0 spiro atoms. The standard InChI is InChI=1S/C25H32N6O/c1-2-30-17-29-22-13-20-21(14-24(22)30)27-16-28-25(20)26-15-19-5-3-4-6-23(19)31-10-7-18(8-11-31)9-12-32/h3-6,13-14,16,18,29,32H,2,7-12,15,17H2,1H3,(H,26,27,28). The molecule has 0 atom stereocenters. The lowest BCUT2D eigenvalue weighted by Gasteiger charge is -2.34. The van der Waals surface area contributed by atoms with Crippen LogP contribution in [-0.2, 0) is 6.54 Å². The minimum absolute atomic E-state index is 0.299. The second-order valence-electron chi connectivity index (χ2n) is 8.72. The summed E-state index contributed by atoms with van der Waals surface area (Å²) in [6, 6.07) is 13.0. The van der Waals surface area contributed by atoms with Crippen LogP contribution >= 0.6 is 0 Å². The summed E-state index contributed by atoms with van der Waals surface area (Å²) in [5.74, 6) is 1.51. The van der Waals surface area contributed by atoms with Crippen molar-refractivity contribution in [1.29, 1.82) is 0 Å². The van der Waals surface area contributed by atoms with E-state index in [1.54, 1.807) is 6.33 Å². The maximum absolute atomic E-state index is 9.24. The summed E-state index contributed by atoms with van der Waals surface area (Å²) in [4.78, 5) is 13.9. The molecule has 0 bridgehead atoms. The SMILES string of the molecule is CCN1CNc2cc3c(NCc4ccccc4N4CCC(CCO)CC4)ncnc3cc21. The highest BCUT2D eigenvalue weighted by atomic mass is 16.3. The highest BCUT2D eigenvalue weighted by Gasteiger charge is 2.21. The molecule has 0 radical (unpaired) electrons. The Morgan fingerprint density at radius 3 is 2.78 bits per heavy atom. The maximum Gasteiger partial charge on any atom is 0.137 e. The predicted molar refractivity (Wildman–Crippen MR) is 131 cm³/mol. The molecule has 32 heavy (non-hydrogen) atoms. The van der Waals surface area contributed by atoms with Crippen molar-refractivity contribution < 1.29 is 5.11 Å². The van der Waals surface area contributed by atoms with Crippen LogP contribution in [0.1, 0.15) is 31.7 Å². The van der Waals surface area contributed by atoms with Crippen LogP contribution in [0, 0.1) is 5.92 Å². The smallest absolute Gasteiger partial charge is 0.137 e. The third kappa shape index (κ3) is 4.05. The summed E-state index contributed by atoms with van der Waals surface area (Å²) in [5.41, 5.74) is 5.88. The Balaban J connectivity index is 1.35. The van der Waals surface area contributed by atoms with Gasteiger partial charge in [0.25, 0.3) is 0 Å². The quantitative estimate of drug-likeness (QED) is 0.520. The van der Waals surface area contributed by atoms with Crippen molar-refractivity contribution in [3.63, 3.8) is 0 Å². The van der Waals surface area contributed by atoms with Crippen LogP contribution in [0.15, 0.2) is 42.7 Å². The summed E-state index contributed by atoms with van der Waals surface area (Å²) in [7, 11) is 0. The molecule has 168 valence electrons. The average molecular weight is 433 g/mol. The van der Waals surface area contributed by atoms with Crippen molar-refractivity contribution in [2.45, 2.75) is 32.7 Å². The molecule has 2 aromatic carbocycles. The molecule has 7 nitrogen and oxygen atoms in total. The van der Waals surface area contributed by atoms with E-state index >= 15 is 0 Å². The van der Waals surface area contributed by atoms with E-state index in [-0.39, 0.29) is 0 Å². The lowest BCUT2D eigenvalue weighted by Crippen LogP contribution is -2.34. The highest BCUT2D eigenvalue weighted by molar-refractivity contribution is 5.97.